The molecule has 0 radical (unpaired) electrons. The van der Waals surface area contributed by atoms with Gasteiger partial charge >= 0.3 is 0 Å². The lowest BCUT2D eigenvalue weighted by Gasteiger charge is -2.28. The SMILES string of the molecule is c1cnc2ccc(Cn3nnc4ncc(Cc5ccc(N6CCOCC6)cn5)nc43)cc2c1. The predicted molar refractivity (Wildman–Crippen MR) is 124 cm³/mol. The fourth-order valence-corrected chi connectivity index (χ4v) is 4.09. The standard InChI is InChI=1S/C24H22N8O/c1-2-18-12-17(3-6-22(18)25-7-1)16-32-24-23(29-30-32)27-14-20(28-24)13-19-4-5-21(15-26-19)31-8-10-33-11-9-31/h1-7,12,14-15H,8-11,13,16H2. The molecule has 1 saturated heterocycles. The Balaban J connectivity index is 1.22. The number of anilines is 1. The molecule has 9 heteroatoms. The average Bonchev–Trinajstić information content (AvgIpc) is 3.27. The zero-order valence-electron chi connectivity index (χ0n) is 18.0. The van der Waals surface area contributed by atoms with Crippen molar-refractivity contribution in [2.45, 2.75) is 13.0 Å². The molecule has 0 aliphatic carbocycles. The van der Waals surface area contributed by atoms with Crippen LogP contribution in [0, 0.1) is 0 Å². The highest BCUT2D eigenvalue weighted by Crippen LogP contribution is 2.18. The molecule has 4 aromatic heterocycles. The van der Waals surface area contributed by atoms with Crippen molar-refractivity contribution in [3.8, 4) is 0 Å². The van der Waals surface area contributed by atoms with E-state index >= 15 is 0 Å². The minimum Gasteiger partial charge on any atom is -0.378 e. The van der Waals surface area contributed by atoms with Crippen molar-refractivity contribution in [1.82, 2.24) is 34.9 Å². The summed E-state index contributed by atoms with van der Waals surface area (Å²) in [6.45, 7) is 3.87. The predicted octanol–water partition coefficient (Wildman–Crippen LogP) is 2.64. The minimum atomic E-state index is 0.539. The molecule has 5 aromatic rings. The molecule has 5 heterocycles. The first-order chi connectivity index (χ1) is 16.3. The topological polar surface area (TPSA) is 94.7 Å². The summed E-state index contributed by atoms with van der Waals surface area (Å²) in [7, 11) is 0. The van der Waals surface area contributed by atoms with E-state index < -0.39 is 0 Å². The molecule has 0 bridgehead atoms. The zero-order chi connectivity index (χ0) is 22.0. The first-order valence-electron chi connectivity index (χ1n) is 11.0. The summed E-state index contributed by atoms with van der Waals surface area (Å²) in [4.78, 5) is 20.6. The van der Waals surface area contributed by atoms with E-state index in [0.717, 1.165) is 59.8 Å². The Morgan fingerprint density at radius 1 is 0.909 bits per heavy atom. The summed E-state index contributed by atoms with van der Waals surface area (Å²) in [6, 6.07) is 14.4. The van der Waals surface area contributed by atoms with E-state index in [-0.39, 0.29) is 0 Å². The quantitative estimate of drug-likeness (QED) is 0.413. The molecule has 1 aliphatic rings. The van der Waals surface area contributed by atoms with Crippen molar-refractivity contribution >= 4 is 27.9 Å². The lowest BCUT2D eigenvalue weighted by molar-refractivity contribution is 0.122. The van der Waals surface area contributed by atoms with Gasteiger partial charge in [0.2, 0.25) is 5.65 Å². The van der Waals surface area contributed by atoms with Crippen LogP contribution in [0.4, 0.5) is 5.69 Å². The summed E-state index contributed by atoms with van der Waals surface area (Å²) in [5.41, 5.74) is 6.19. The Morgan fingerprint density at radius 2 is 1.85 bits per heavy atom. The summed E-state index contributed by atoms with van der Waals surface area (Å²) in [5.74, 6) is 0. The Hall–Kier alpha value is -3.98. The van der Waals surface area contributed by atoms with Crippen LogP contribution >= 0.6 is 0 Å². The summed E-state index contributed by atoms with van der Waals surface area (Å²) < 4.78 is 7.22. The van der Waals surface area contributed by atoms with Gasteiger partial charge in [-0.25, -0.2) is 14.6 Å². The van der Waals surface area contributed by atoms with Gasteiger partial charge in [0.25, 0.3) is 0 Å². The molecule has 9 nitrogen and oxygen atoms in total. The number of benzene rings is 1. The van der Waals surface area contributed by atoms with E-state index in [4.69, 9.17) is 9.72 Å². The van der Waals surface area contributed by atoms with Gasteiger partial charge in [-0.05, 0) is 35.9 Å². The Labute approximate surface area is 190 Å². The van der Waals surface area contributed by atoms with Crippen LogP contribution in [0.2, 0.25) is 0 Å². The monoisotopic (exact) mass is 438 g/mol. The number of hydrogen-bond acceptors (Lipinski definition) is 8. The molecule has 164 valence electrons. The van der Waals surface area contributed by atoms with E-state index in [2.05, 4.69) is 60.5 Å². The fourth-order valence-electron chi connectivity index (χ4n) is 4.09. The van der Waals surface area contributed by atoms with Gasteiger partial charge in [-0.15, -0.1) is 5.10 Å². The maximum Gasteiger partial charge on any atom is 0.221 e. The highest BCUT2D eigenvalue weighted by atomic mass is 16.5. The Morgan fingerprint density at radius 3 is 2.73 bits per heavy atom. The third-order valence-corrected chi connectivity index (χ3v) is 5.82. The van der Waals surface area contributed by atoms with Gasteiger partial charge in [0, 0.05) is 36.8 Å². The lowest BCUT2D eigenvalue weighted by atomic mass is 10.1. The van der Waals surface area contributed by atoms with Crippen molar-refractivity contribution in [1.29, 1.82) is 0 Å². The molecule has 0 spiro atoms. The molecule has 33 heavy (non-hydrogen) atoms. The summed E-state index contributed by atoms with van der Waals surface area (Å²) >= 11 is 0. The number of pyridine rings is 2. The lowest BCUT2D eigenvalue weighted by Crippen LogP contribution is -2.36. The van der Waals surface area contributed by atoms with Crippen molar-refractivity contribution in [3.63, 3.8) is 0 Å². The largest absolute Gasteiger partial charge is 0.378 e. The average molecular weight is 438 g/mol. The number of rotatable bonds is 5. The fraction of sp³-hybridized carbons (Fsp3) is 0.250. The third-order valence-electron chi connectivity index (χ3n) is 5.82. The Kier molecular flexibility index (Phi) is 5.08. The van der Waals surface area contributed by atoms with Crippen LogP contribution in [0.5, 0.6) is 0 Å². The number of hydrogen-bond donors (Lipinski definition) is 0. The van der Waals surface area contributed by atoms with Gasteiger partial charge in [-0.1, -0.05) is 17.3 Å². The first-order valence-corrected chi connectivity index (χ1v) is 11.0. The molecule has 6 rings (SSSR count). The molecular formula is C24H22N8O. The third kappa shape index (κ3) is 4.10. The number of nitrogens with zero attached hydrogens (tertiary/aromatic N) is 8. The first kappa shape index (κ1) is 19.7. The van der Waals surface area contributed by atoms with E-state index in [0.29, 0.717) is 24.3 Å². The molecule has 0 N–H and O–H groups in total. The summed E-state index contributed by atoms with van der Waals surface area (Å²) in [5, 5.41) is 9.56. The van der Waals surface area contributed by atoms with Gasteiger partial charge < -0.3 is 9.64 Å². The number of morpholine rings is 1. The molecule has 0 amide bonds. The van der Waals surface area contributed by atoms with Crippen LogP contribution in [0.1, 0.15) is 17.0 Å². The van der Waals surface area contributed by atoms with Crippen LogP contribution < -0.4 is 4.90 Å². The van der Waals surface area contributed by atoms with Gasteiger partial charge in [0.1, 0.15) is 0 Å². The second-order valence-corrected chi connectivity index (χ2v) is 8.07. The molecule has 0 unspecified atom stereocenters. The van der Waals surface area contributed by atoms with Crippen LogP contribution in [-0.4, -0.2) is 61.2 Å². The van der Waals surface area contributed by atoms with E-state index in [1.807, 2.05) is 18.3 Å². The van der Waals surface area contributed by atoms with Crippen molar-refractivity contribution in [2.24, 2.45) is 0 Å². The van der Waals surface area contributed by atoms with Gasteiger partial charge in [0.05, 0.1) is 49.1 Å². The number of ether oxygens (including phenoxy) is 1. The van der Waals surface area contributed by atoms with Crippen molar-refractivity contribution in [2.75, 3.05) is 31.2 Å². The second kappa shape index (κ2) is 8.51. The van der Waals surface area contributed by atoms with E-state index in [9.17, 15) is 0 Å². The van der Waals surface area contributed by atoms with Gasteiger partial charge in [-0.2, -0.15) is 0 Å². The molecular weight excluding hydrogens is 416 g/mol. The number of aromatic nitrogens is 7. The Bertz CT molecular complexity index is 1410. The highest BCUT2D eigenvalue weighted by Gasteiger charge is 2.13. The minimum absolute atomic E-state index is 0.539. The van der Waals surface area contributed by atoms with Crippen LogP contribution in [-0.2, 0) is 17.7 Å². The van der Waals surface area contributed by atoms with Crippen LogP contribution in [0.3, 0.4) is 0 Å². The van der Waals surface area contributed by atoms with Gasteiger partial charge in [-0.3, -0.25) is 9.97 Å². The van der Waals surface area contributed by atoms with Crippen molar-refractivity contribution < 1.29 is 4.74 Å². The smallest absolute Gasteiger partial charge is 0.221 e. The molecule has 0 atom stereocenters. The van der Waals surface area contributed by atoms with Crippen molar-refractivity contribution in [3.05, 3.63) is 78.0 Å². The highest BCUT2D eigenvalue weighted by molar-refractivity contribution is 5.79. The molecule has 0 saturated carbocycles. The zero-order valence-corrected chi connectivity index (χ0v) is 18.0. The maximum atomic E-state index is 5.43. The summed E-state index contributed by atoms with van der Waals surface area (Å²) in [6.07, 6.45) is 6.07. The maximum absolute atomic E-state index is 5.43. The number of fused-ring (bicyclic) bond motifs is 2. The molecule has 1 aromatic carbocycles. The van der Waals surface area contributed by atoms with Crippen LogP contribution in [0.25, 0.3) is 22.2 Å². The van der Waals surface area contributed by atoms with E-state index in [1.54, 1.807) is 17.1 Å². The normalized spacial score (nSPS) is 14.2. The molecule has 1 aliphatic heterocycles. The second-order valence-electron chi connectivity index (χ2n) is 8.07. The van der Waals surface area contributed by atoms with E-state index in [1.165, 1.54) is 0 Å². The molecule has 1 fully saturated rings. The van der Waals surface area contributed by atoms with Gasteiger partial charge in [0.15, 0.2) is 5.65 Å². The van der Waals surface area contributed by atoms with Crippen LogP contribution in [0.15, 0.2) is 61.1 Å².